The quantitative estimate of drug-likeness (QED) is 0.885. The van der Waals surface area contributed by atoms with E-state index >= 15 is 0 Å². The van der Waals surface area contributed by atoms with Crippen molar-refractivity contribution in [3.8, 4) is 0 Å². The van der Waals surface area contributed by atoms with Crippen molar-refractivity contribution in [3.63, 3.8) is 0 Å². The molecule has 1 aromatic rings. The number of nitrogens with one attached hydrogen (secondary N) is 1. The van der Waals surface area contributed by atoms with Crippen LogP contribution in [-0.2, 0) is 0 Å². The molecule has 18 heavy (non-hydrogen) atoms. The van der Waals surface area contributed by atoms with Crippen LogP contribution in [-0.4, -0.2) is 31.3 Å². The molecule has 1 saturated carbocycles. The van der Waals surface area contributed by atoms with Gasteiger partial charge in [-0.1, -0.05) is 25.4 Å². The highest BCUT2D eigenvalue weighted by atomic mass is 35.5. The number of benzene rings is 1. The molecule has 0 spiro atoms. The predicted molar refractivity (Wildman–Crippen MR) is 77.6 cm³/mol. The van der Waals surface area contributed by atoms with Gasteiger partial charge in [-0.2, -0.15) is 0 Å². The molecule has 4 heteroatoms. The number of hydrogen-bond acceptors (Lipinski definition) is 3. The summed E-state index contributed by atoms with van der Waals surface area (Å²) in [6.45, 7) is 4.16. The average Bonchev–Trinajstić information content (AvgIpc) is 2.28. The lowest BCUT2D eigenvalue weighted by Crippen LogP contribution is -2.56. The van der Waals surface area contributed by atoms with Crippen molar-refractivity contribution in [3.05, 3.63) is 23.2 Å². The van der Waals surface area contributed by atoms with Crippen LogP contribution in [0.15, 0.2) is 18.2 Å². The van der Waals surface area contributed by atoms with Gasteiger partial charge in [-0.3, -0.25) is 0 Å². The summed E-state index contributed by atoms with van der Waals surface area (Å²) in [5.41, 5.74) is 1.94. The Bertz CT molecular complexity index is 445. The fourth-order valence-corrected chi connectivity index (χ4v) is 2.66. The molecule has 0 bridgehead atoms. The Kier molecular flexibility index (Phi) is 3.47. The highest BCUT2D eigenvalue weighted by Gasteiger charge is 2.47. The van der Waals surface area contributed by atoms with Crippen LogP contribution >= 0.6 is 11.6 Å². The van der Waals surface area contributed by atoms with Gasteiger partial charge in [-0.05, 0) is 24.6 Å². The molecule has 1 aliphatic rings. The first-order valence-electron chi connectivity index (χ1n) is 6.24. The molecule has 0 amide bonds. The number of aliphatic hydroxyl groups is 1. The van der Waals surface area contributed by atoms with E-state index < -0.39 is 0 Å². The molecule has 2 rings (SSSR count). The Morgan fingerprint density at radius 1 is 1.39 bits per heavy atom. The van der Waals surface area contributed by atoms with E-state index in [1.807, 2.05) is 37.2 Å². The summed E-state index contributed by atoms with van der Waals surface area (Å²) >= 11 is 6.24. The van der Waals surface area contributed by atoms with Crippen molar-refractivity contribution in [2.45, 2.75) is 32.4 Å². The summed E-state index contributed by atoms with van der Waals surface area (Å²) in [6.07, 6.45) is 0.576. The second-order valence-corrected chi connectivity index (χ2v) is 6.24. The van der Waals surface area contributed by atoms with Gasteiger partial charge in [0.2, 0.25) is 0 Å². The third-order valence-corrected chi connectivity index (χ3v) is 4.29. The Hall–Kier alpha value is -0.930. The van der Waals surface area contributed by atoms with Crippen LogP contribution in [0.4, 0.5) is 11.4 Å². The summed E-state index contributed by atoms with van der Waals surface area (Å²) in [6, 6.07) is 6.28. The third kappa shape index (κ3) is 2.29. The van der Waals surface area contributed by atoms with Gasteiger partial charge in [0.05, 0.1) is 16.8 Å². The molecule has 2 atom stereocenters. The molecule has 0 radical (unpaired) electrons. The van der Waals surface area contributed by atoms with E-state index in [9.17, 15) is 5.11 Å². The molecule has 100 valence electrons. The summed E-state index contributed by atoms with van der Waals surface area (Å²) in [5, 5.41) is 13.9. The van der Waals surface area contributed by atoms with Gasteiger partial charge in [0.25, 0.3) is 0 Å². The average molecular weight is 269 g/mol. The largest absolute Gasteiger partial charge is 0.392 e. The van der Waals surface area contributed by atoms with Crippen LogP contribution in [0.1, 0.15) is 20.3 Å². The fourth-order valence-electron chi connectivity index (χ4n) is 2.31. The van der Waals surface area contributed by atoms with Crippen LogP contribution in [0.25, 0.3) is 0 Å². The standard InChI is InChI=1S/C14H21ClN2O/c1-14(2)12(8-13(14)18)16-9-5-6-11(17(3)4)10(15)7-9/h5-7,12-13,16,18H,8H2,1-4H3. The molecule has 1 aromatic carbocycles. The van der Waals surface area contributed by atoms with Crippen LogP contribution in [0.3, 0.4) is 0 Å². The zero-order chi connectivity index (χ0) is 13.5. The molecule has 0 saturated heterocycles. The summed E-state index contributed by atoms with van der Waals surface area (Å²) in [4.78, 5) is 1.99. The van der Waals surface area contributed by atoms with Gasteiger partial charge in [0.1, 0.15) is 0 Å². The van der Waals surface area contributed by atoms with Gasteiger partial charge in [-0.25, -0.2) is 0 Å². The van der Waals surface area contributed by atoms with Crippen LogP contribution in [0, 0.1) is 5.41 Å². The van der Waals surface area contributed by atoms with Gasteiger partial charge in [0, 0.05) is 31.2 Å². The maximum atomic E-state index is 9.72. The number of aliphatic hydroxyl groups excluding tert-OH is 1. The van der Waals surface area contributed by atoms with Gasteiger partial charge in [-0.15, -0.1) is 0 Å². The molecule has 1 aliphatic carbocycles. The van der Waals surface area contributed by atoms with Crippen molar-refractivity contribution in [1.29, 1.82) is 0 Å². The molecule has 0 aromatic heterocycles. The van der Waals surface area contributed by atoms with Crippen molar-refractivity contribution < 1.29 is 5.11 Å². The highest BCUT2D eigenvalue weighted by Crippen LogP contribution is 2.42. The second-order valence-electron chi connectivity index (χ2n) is 5.83. The third-order valence-electron chi connectivity index (χ3n) is 3.99. The molecule has 0 heterocycles. The molecule has 3 nitrogen and oxygen atoms in total. The minimum absolute atomic E-state index is 0.0767. The van der Waals surface area contributed by atoms with Crippen molar-refractivity contribution >= 4 is 23.0 Å². The highest BCUT2D eigenvalue weighted by molar-refractivity contribution is 6.33. The first-order valence-corrected chi connectivity index (χ1v) is 6.61. The molecule has 0 aliphatic heterocycles. The second kappa shape index (κ2) is 4.63. The summed E-state index contributed by atoms with van der Waals surface area (Å²) in [7, 11) is 3.94. The van der Waals surface area contributed by atoms with Crippen molar-refractivity contribution in [1.82, 2.24) is 0 Å². The maximum Gasteiger partial charge on any atom is 0.0659 e. The van der Waals surface area contributed by atoms with Gasteiger partial charge in [0.15, 0.2) is 0 Å². The number of anilines is 2. The van der Waals surface area contributed by atoms with Crippen LogP contribution in [0.2, 0.25) is 5.02 Å². The molecule has 1 fully saturated rings. The maximum absolute atomic E-state index is 9.72. The molecule has 2 N–H and O–H groups in total. The van der Waals surface area contributed by atoms with Crippen LogP contribution in [0.5, 0.6) is 0 Å². The Morgan fingerprint density at radius 2 is 2.06 bits per heavy atom. The first-order chi connectivity index (χ1) is 8.32. The minimum Gasteiger partial charge on any atom is -0.392 e. The van der Waals surface area contributed by atoms with Crippen molar-refractivity contribution in [2.75, 3.05) is 24.3 Å². The summed E-state index contributed by atoms with van der Waals surface area (Å²) < 4.78 is 0. The SMILES string of the molecule is CN(C)c1ccc(NC2CC(O)C2(C)C)cc1Cl. The number of halogens is 1. The minimum atomic E-state index is -0.216. The monoisotopic (exact) mass is 268 g/mol. The van der Waals surface area contributed by atoms with E-state index in [4.69, 9.17) is 11.6 Å². The predicted octanol–water partition coefficient (Wildman–Crippen LogP) is 2.98. The van der Waals surface area contributed by atoms with Gasteiger partial charge >= 0.3 is 0 Å². The Balaban J connectivity index is 2.10. The van der Waals surface area contributed by atoms with E-state index in [1.165, 1.54) is 0 Å². The van der Waals surface area contributed by atoms with Crippen molar-refractivity contribution in [2.24, 2.45) is 5.41 Å². The van der Waals surface area contributed by atoms with Gasteiger partial charge < -0.3 is 15.3 Å². The lowest BCUT2D eigenvalue weighted by Gasteiger charge is -2.49. The zero-order valence-corrected chi connectivity index (χ0v) is 12.1. The van der Waals surface area contributed by atoms with E-state index in [0.29, 0.717) is 6.04 Å². The number of hydrogen-bond donors (Lipinski definition) is 2. The number of rotatable bonds is 3. The Labute approximate surface area is 114 Å². The lowest BCUT2D eigenvalue weighted by atomic mass is 9.64. The van der Waals surface area contributed by atoms with E-state index in [-0.39, 0.29) is 11.5 Å². The van der Waals surface area contributed by atoms with E-state index in [1.54, 1.807) is 0 Å². The zero-order valence-electron chi connectivity index (χ0n) is 11.4. The van der Waals surface area contributed by atoms with E-state index in [2.05, 4.69) is 19.2 Å². The Morgan fingerprint density at radius 3 is 2.50 bits per heavy atom. The number of nitrogens with zero attached hydrogens (tertiary/aromatic N) is 1. The topological polar surface area (TPSA) is 35.5 Å². The van der Waals surface area contributed by atoms with E-state index in [0.717, 1.165) is 22.8 Å². The summed E-state index contributed by atoms with van der Waals surface area (Å²) in [5.74, 6) is 0. The molecule has 2 unspecified atom stereocenters. The smallest absolute Gasteiger partial charge is 0.0659 e. The lowest BCUT2D eigenvalue weighted by molar-refractivity contribution is -0.0510. The molecular weight excluding hydrogens is 248 g/mol. The first kappa shape index (κ1) is 13.5. The fraction of sp³-hybridized carbons (Fsp3) is 0.571. The van der Waals surface area contributed by atoms with Crippen LogP contribution < -0.4 is 10.2 Å². The molecular formula is C14H21ClN2O. The normalized spacial score (nSPS) is 25.4.